The van der Waals surface area contributed by atoms with Gasteiger partial charge in [0, 0.05) is 0 Å². The first-order chi connectivity index (χ1) is 5.49. The number of aliphatic hydroxyl groups is 1. The molecule has 0 aromatic heterocycles. The lowest BCUT2D eigenvalue weighted by Gasteiger charge is -2.18. The van der Waals surface area contributed by atoms with Crippen molar-refractivity contribution in [2.24, 2.45) is 0 Å². The highest BCUT2D eigenvalue weighted by atomic mass is 16.5. The molecule has 1 rings (SSSR count). The predicted octanol–water partition coefficient (Wildman–Crippen LogP) is 0.780. The summed E-state index contributed by atoms with van der Waals surface area (Å²) in [4.78, 5) is 11.1. The van der Waals surface area contributed by atoms with E-state index in [-0.39, 0.29) is 17.9 Å². The quantitative estimate of drug-likeness (QED) is 0.594. The number of carbonyl (C=O) groups excluding carboxylic acids is 1. The zero-order valence-electron chi connectivity index (χ0n) is 7.38. The van der Waals surface area contributed by atoms with Crippen LogP contribution in [0.15, 0.2) is 11.3 Å². The Morgan fingerprint density at radius 1 is 1.67 bits per heavy atom. The van der Waals surface area contributed by atoms with Gasteiger partial charge in [-0.1, -0.05) is 0 Å². The van der Waals surface area contributed by atoms with Crippen molar-refractivity contribution in [2.45, 2.75) is 19.4 Å². The second-order valence-corrected chi connectivity index (χ2v) is 3.11. The van der Waals surface area contributed by atoms with E-state index in [2.05, 4.69) is 4.74 Å². The highest BCUT2D eigenvalue weighted by Gasteiger charge is 2.39. The molecule has 0 saturated heterocycles. The number of hydrogen-bond acceptors (Lipinski definition) is 4. The Morgan fingerprint density at radius 3 is 2.58 bits per heavy atom. The minimum atomic E-state index is -0.739. The van der Waals surface area contributed by atoms with Crippen LogP contribution < -0.4 is 0 Å². The van der Waals surface area contributed by atoms with Gasteiger partial charge in [0.15, 0.2) is 0 Å². The van der Waals surface area contributed by atoms with E-state index >= 15 is 0 Å². The van der Waals surface area contributed by atoms with Gasteiger partial charge in [0.2, 0.25) is 0 Å². The second-order valence-electron chi connectivity index (χ2n) is 3.11. The molecule has 1 aliphatic rings. The van der Waals surface area contributed by atoms with E-state index in [1.54, 1.807) is 13.8 Å². The summed E-state index contributed by atoms with van der Waals surface area (Å²) in [6.45, 7) is 3.50. The summed E-state index contributed by atoms with van der Waals surface area (Å²) in [5, 5.41) is 9.28. The Morgan fingerprint density at radius 2 is 2.25 bits per heavy atom. The highest BCUT2D eigenvalue weighted by Crippen LogP contribution is 2.30. The van der Waals surface area contributed by atoms with Crippen molar-refractivity contribution in [3.8, 4) is 0 Å². The summed E-state index contributed by atoms with van der Waals surface area (Å²) in [5.41, 5.74) is -0.526. The lowest BCUT2D eigenvalue weighted by Crippen LogP contribution is -2.27. The molecule has 0 fully saturated rings. The van der Waals surface area contributed by atoms with Crippen molar-refractivity contribution in [3.63, 3.8) is 0 Å². The molecule has 1 heterocycles. The number of rotatable bonds is 1. The van der Waals surface area contributed by atoms with Crippen molar-refractivity contribution >= 4 is 5.97 Å². The van der Waals surface area contributed by atoms with E-state index < -0.39 is 11.6 Å². The molecule has 0 bridgehead atoms. The zero-order valence-corrected chi connectivity index (χ0v) is 7.38. The number of methoxy groups -OCH3 is 1. The van der Waals surface area contributed by atoms with Crippen LogP contribution in [0.4, 0.5) is 0 Å². The third-order valence-corrected chi connectivity index (χ3v) is 1.85. The van der Waals surface area contributed by atoms with Crippen LogP contribution in [0.2, 0.25) is 0 Å². The molecule has 0 aromatic carbocycles. The Kier molecular flexibility index (Phi) is 2.10. The summed E-state index contributed by atoms with van der Waals surface area (Å²) < 4.78 is 9.67. The van der Waals surface area contributed by atoms with Crippen LogP contribution in [-0.2, 0) is 14.3 Å². The molecule has 0 aliphatic carbocycles. The molecular formula is C8H12O4. The van der Waals surface area contributed by atoms with E-state index in [9.17, 15) is 9.90 Å². The molecule has 0 amide bonds. The SMILES string of the molecule is COC(=O)C1=C(O)COC1(C)C. The van der Waals surface area contributed by atoms with E-state index in [1.807, 2.05) is 0 Å². The molecule has 4 heteroatoms. The number of aliphatic hydroxyl groups excluding tert-OH is 1. The summed E-state index contributed by atoms with van der Waals surface area (Å²) in [5.74, 6) is -0.568. The molecular weight excluding hydrogens is 160 g/mol. The molecule has 68 valence electrons. The normalized spacial score (nSPS) is 21.2. The zero-order chi connectivity index (χ0) is 9.35. The fraction of sp³-hybridized carbons (Fsp3) is 0.625. The number of ether oxygens (including phenoxy) is 2. The topological polar surface area (TPSA) is 55.8 Å². The summed E-state index contributed by atoms with van der Waals surface area (Å²) in [6.07, 6.45) is 0. The molecule has 0 aromatic rings. The van der Waals surface area contributed by atoms with E-state index in [0.717, 1.165) is 0 Å². The third-order valence-electron chi connectivity index (χ3n) is 1.85. The average molecular weight is 172 g/mol. The van der Waals surface area contributed by atoms with Crippen molar-refractivity contribution in [2.75, 3.05) is 13.7 Å². The van der Waals surface area contributed by atoms with Crippen molar-refractivity contribution in [3.05, 3.63) is 11.3 Å². The second kappa shape index (κ2) is 2.79. The van der Waals surface area contributed by atoms with Gasteiger partial charge in [-0.2, -0.15) is 0 Å². The smallest absolute Gasteiger partial charge is 0.340 e. The first kappa shape index (κ1) is 9.06. The first-order valence-corrected chi connectivity index (χ1v) is 3.64. The fourth-order valence-corrected chi connectivity index (χ4v) is 1.21. The minimum Gasteiger partial charge on any atom is -0.509 e. The third kappa shape index (κ3) is 1.30. The Bertz CT molecular complexity index is 239. The summed E-state index contributed by atoms with van der Waals surface area (Å²) in [6, 6.07) is 0. The molecule has 0 unspecified atom stereocenters. The molecule has 1 N–H and O–H groups in total. The first-order valence-electron chi connectivity index (χ1n) is 3.64. The van der Waals surface area contributed by atoms with Gasteiger partial charge in [-0.3, -0.25) is 0 Å². The number of esters is 1. The molecule has 4 nitrogen and oxygen atoms in total. The van der Waals surface area contributed by atoms with Crippen molar-refractivity contribution in [1.82, 2.24) is 0 Å². The lowest BCUT2D eigenvalue weighted by molar-refractivity contribution is -0.138. The van der Waals surface area contributed by atoms with E-state index in [0.29, 0.717) is 0 Å². The van der Waals surface area contributed by atoms with Crippen LogP contribution >= 0.6 is 0 Å². The molecule has 0 saturated carbocycles. The van der Waals surface area contributed by atoms with Gasteiger partial charge >= 0.3 is 5.97 Å². The number of carbonyl (C=O) groups is 1. The van der Waals surface area contributed by atoms with Gasteiger partial charge < -0.3 is 14.6 Å². The Balaban J connectivity index is 2.99. The highest BCUT2D eigenvalue weighted by molar-refractivity contribution is 5.91. The molecule has 1 aliphatic heterocycles. The van der Waals surface area contributed by atoms with E-state index in [4.69, 9.17) is 4.74 Å². The summed E-state index contributed by atoms with van der Waals surface area (Å²) in [7, 11) is 1.27. The molecule has 0 atom stereocenters. The monoisotopic (exact) mass is 172 g/mol. The minimum absolute atomic E-state index is 0.0353. The lowest BCUT2D eigenvalue weighted by atomic mass is 9.99. The van der Waals surface area contributed by atoms with Gasteiger partial charge in [-0.05, 0) is 13.8 Å². The Labute approximate surface area is 70.8 Å². The maximum Gasteiger partial charge on any atom is 0.340 e. The van der Waals surface area contributed by atoms with Crippen LogP contribution in [0.3, 0.4) is 0 Å². The van der Waals surface area contributed by atoms with Crippen LogP contribution in [0.5, 0.6) is 0 Å². The van der Waals surface area contributed by atoms with E-state index in [1.165, 1.54) is 7.11 Å². The van der Waals surface area contributed by atoms with Crippen LogP contribution in [0.1, 0.15) is 13.8 Å². The van der Waals surface area contributed by atoms with Crippen LogP contribution in [0, 0.1) is 0 Å². The van der Waals surface area contributed by atoms with Gasteiger partial charge in [-0.15, -0.1) is 0 Å². The molecule has 0 spiro atoms. The molecule has 12 heavy (non-hydrogen) atoms. The molecule has 0 radical (unpaired) electrons. The summed E-state index contributed by atoms with van der Waals surface area (Å²) >= 11 is 0. The maximum atomic E-state index is 11.1. The average Bonchev–Trinajstić information content (AvgIpc) is 2.25. The predicted molar refractivity (Wildman–Crippen MR) is 41.7 cm³/mol. The van der Waals surface area contributed by atoms with Crippen molar-refractivity contribution < 1.29 is 19.4 Å². The van der Waals surface area contributed by atoms with Crippen LogP contribution in [-0.4, -0.2) is 30.4 Å². The van der Waals surface area contributed by atoms with Crippen molar-refractivity contribution in [1.29, 1.82) is 0 Å². The van der Waals surface area contributed by atoms with Gasteiger partial charge in [0.05, 0.1) is 12.7 Å². The van der Waals surface area contributed by atoms with Gasteiger partial charge in [0.25, 0.3) is 0 Å². The van der Waals surface area contributed by atoms with Gasteiger partial charge in [-0.25, -0.2) is 4.79 Å². The van der Waals surface area contributed by atoms with Gasteiger partial charge in [0.1, 0.15) is 17.9 Å². The standard InChI is InChI=1S/C8H12O4/c1-8(2)6(7(10)11-3)5(9)4-12-8/h9H,4H2,1-3H3. The number of hydrogen-bond donors (Lipinski definition) is 1. The fourth-order valence-electron chi connectivity index (χ4n) is 1.21. The maximum absolute atomic E-state index is 11.1. The Hall–Kier alpha value is -1.03. The van der Waals surface area contributed by atoms with Crippen LogP contribution in [0.25, 0.3) is 0 Å². The largest absolute Gasteiger partial charge is 0.509 e.